The van der Waals surface area contributed by atoms with E-state index in [0.29, 0.717) is 4.83 Å². The first-order chi connectivity index (χ1) is 3.95. The van der Waals surface area contributed by atoms with Gasteiger partial charge in [0.25, 0.3) is 0 Å². The van der Waals surface area contributed by atoms with Crippen molar-refractivity contribution in [3.8, 4) is 0 Å². The third-order valence-corrected chi connectivity index (χ3v) is 3.18. The highest BCUT2D eigenvalue weighted by Gasteiger charge is 2.12. The molecule has 0 amide bonds. The Morgan fingerprint density at radius 1 is 1.33 bits per heavy atom. The molecule has 0 saturated heterocycles. The molecule has 0 aromatic carbocycles. The van der Waals surface area contributed by atoms with E-state index in [1.165, 1.54) is 0 Å². The zero-order chi connectivity index (χ0) is 7.49. The van der Waals surface area contributed by atoms with E-state index in [0.717, 1.165) is 16.4 Å². The number of quaternary nitrogens is 1. The van der Waals surface area contributed by atoms with Gasteiger partial charge in [0.1, 0.15) is 0 Å². The van der Waals surface area contributed by atoms with Crippen LogP contribution in [0.25, 0.3) is 0 Å². The van der Waals surface area contributed by atoms with E-state index in [1.807, 2.05) is 0 Å². The van der Waals surface area contributed by atoms with Crippen LogP contribution in [0.15, 0.2) is 0 Å². The molecule has 9 heavy (non-hydrogen) atoms. The lowest BCUT2D eigenvalue weighted by Gasteiger charge is -2.25. The SMILES string of the molecule is C[N+](C)(C)C[C@H](Br)CBr. The lowest BCUT2D eigenvalue weighted by Crippen LogP contribution is -2.39. The first-order valence-electron chi connectivity index (χ1n) is 2.96. The summed E-state index contributed by atoms with van der Waals surface area (Å²) >= 11 is 6.96. The molecule has 0 bridgehead atoms. The lowest BCUT2D eigenvalue weighted by atomic mass is 10.4. The van der Waals surface area contributed by atoms with Gasteiger partial charge < -0.3 is 4.48 Å². The second-order valence-electron chi connectivity index (χ2n) is 3.22. The molecule has 0 aliphatic carbocycles. The minimum atomic E-state index is 0.595. The maximum absolute atomic E-state index is 3.55. The zero-order valence-corrected chi connectivity index (χ0v) is 9.37. The topological polar surface area (TPSA) is 0 Å². The average molecular weight is 260 g/mol. The number of alkyl halides is 2. The third kappa shape index (κ3) is 6.81. The second-order valence-corrected chi connectivity index (χ2v) is 5.17. The molecule has 0 fully saturated rings. The monoisotopic (exact) mass is 258 g/mol. The maximum atomic E-state index is 3.55. The Bertz CT molecular complexity index is 77.6. The number of halogens is 2. The summed E-state index contributed by atoms with van der Waals surface area (Å²) in [4.78, 5) is 0.595. The average Bonchev–Trinajstić information content (AvgIpc) is 1.62. The minimum absolute atomic E-state index is 0.595. The van der Waals surface area contributed by atoms with Crippen LogP contribution in [0.3, 0.4) is 0 Å². The van der Waals surface area contributed by atoms with Crippen molar-refractivity contribution in [2.75, 3.05) is 33.0 Å². The van der Waals surface area contributed by atoms with Crippen LogP contribution in [0.4, 0.5) is 0 Å². The number of rotatable bonds is 3. The third-order valence-electron chi connectivity index (χ3n) is 0.913. The van der Waals surface area contributed by atoms with Crippen molar-refractivity contribution in [3.05, 3.63) is 0 Å². The van der Waals surface area contributed by atoms with Crippen LogP contribution in [0.1, 0.15) is 0 Å². The lowest BCUT2D eigenvalue weighted by molar-refractivity contribution is -0.869. The van der Waals surface area contributed by atoms with Crippen LogP contribution in [-0.2, 0) is 0 Å². The summed E-state index contributed by atoms with van der Waals surface area (Å²) in [5, 5.41) is 1.03. The standard InChI is InChI=1S/C6H14Br2N/c1-9(2,3)5-6(8)4-7/h6H,4-5H2,1-3H3/q+1/t6-/m1/s1. The summed E-state index contributed by atoms with van der Waals surface area (Å²) in [5.41, 5.74) is 0. The molecule has 0 radical (unpaired) electrons. The highest BCUT2D eigenvalue weighted by atomic mass is 79.9. The summed E-state index contributed by atoms with van der Waals surface area (Å²) in [6.07, 6.45) is 0. The van der Waals surface area contributed by atoms with Gasteiger partial charge in [-0.2, -0.15) is 0 Å². The molecule has 1 atom stereocenters. The van der Waals surface area contributed by atoms with Crippen molar-refractivity contribution >= 4 is 31.9 Å². The van der Waals surface area contributed by atoms with E-state index in [1.54, 1.807) is 0 Å². The van der Waals surface area contributed by atoms with E-state index in [4.69, 9.17) is 0 Å². The van der Waals surface area contributed by atoms with Crippen LogP contribution in [-0.4, -0.2) is 42.3 Å². The van der Waals surface area contributed by atoms with Gasteiger partial charge in [0, 0.05) is 5.33 Å². The van der Waals surface area contributed by atoms with E-state index >= 15 is 0 Å². The van der Waals surface area contributed by atoms with Crippen molar-refractivity contribution in [2.24, 2.45) is 0 Å². The van der Waals surface area contributed by atoms with Gasteiger partial charge in [-0.1, -0.05) is 31.9 Å². The summed E-state index contributed by atoms with van der Waals surface area (Å²) in [6.45, 7) is 1.16. The first-order valence-corrected chi connectivity index (χ1v) is 5.00. The molecule has 0 heterocycles. The smallest absolute Gasteiger partial charge is 0.0915 e. The van der Waals surface area contributed by atoms with Crippen molar-refractivity contribution in [3.63, 3.8) is 0 Å². The minimum Gasteiger partial charge on any atom is -0.330 e. The molecule has 56 valence electrons. The highest BCUT2D eigenvalue weighted by Crippen LogP contribution is 2.07. The summed E-state index contributed by atoms with van der Waals surface area (Å²) in [7, 11) is 6.57. The van der Waals surface area contributed by atoms with Gasteiger partial charge >= 0.3 is 0 Å². The van der Waals surface area contributed by atoms with Crippen molar-refractivity contribution in [1.82, 2.24) is 0 Å². The zero-order valence-electron chi connectivity index (χ0n) is 6.19. The number of hydrogen-bond acceptors (Lipinski definition) is 0. The van der Waals surface area contributed by atoms with Gasteiger partial charge in [0.2, 0.25) is 0 Å². The molecule has 0 unspecified atom stereocenters. The quantitative estimate of drug-likeness (QED) is 0.536. The fourth-order valence-corrected chi connectivity index (χ4v) is 1.72. The molecule has 0 aliphatic heterocycles. The number of hydrogen-bond donors (Lipinski definition) is 0. The molecule has 3 heteroatoms. The Morgan fingerprint density at radius 3 is 1.89 bits per heavy atom. The Labute approximate surface area is 74.3 Å². The van der Waals surface area contributed by atoms with Crippen LogP contribution in [0.2, 0.25) is 0 Å². The van der Waals surface area contributed by atoms with E-state index in [2.05, 4.69) is 53.0 Å². The Hall–Kier alpha value is 0.920. The van der Waals surface area contributed by atoms with Gasteiger partial charge in [-0.15, -0.1) is 0 Å². The predicted molar refractivity (Wildman–Crippen MR) is 49.4 cm³/mol. The molecule has 0 N–H and O–H groups in total. The summed E-state index contributed by atoms with van der Waals surface area (Å²) < 4.78 is 1.02. The molecule has 0 aliphatic rings. The van der Waals surface area contributed by atoms with Crippen molar-refractivity contribution in [1.29, 1.82) is 0 Å². The molecular formula is C6H14Br2N+. The number of nitrogens with zero attached hydrogens (tertiary/aromatic N) is 1. The van der Waals surface area contributed by atoms with Crippen molar-refractivity contribution in [2.45, 2.75) is 4.83 Å². The van der Waals surface area contributed by atoms with Gasteiger partial charge in [-0.25, -0.2) is 0 Å². The molecule has 0 aromatic heterocycles. The second kappa shape index (κ2) is 3.94. The Kier molecular flexibility index (Phi) is 4.34. The largest absolute Gasteiger partial charge is 0.330 e. The molecule has 0 saturated carbocycles. The van der Waals surface area contributed by atoms with Crippen molar-refractivity contribution < 1.29 is 4.48 Å². The molecule has 0 spiro atoms. The molecular weight excluding hydrogens is 246 g/mol. The molecule has 0 rings (SSSR count). The van der Waals surface area contributed by atoms with Crippen LogP contribution in [0.5, 0.6) is 0 Å². The van der Waals surface area contributed by atoms with E-state index in [9.17, 15) is 0 Å². The fraction of sp³-hybridized carbons (Fsp3) is 1.00. The molecule has 1 nitrogen and oxygen atoms in total. The van der Waals surface area contributed by atoms with Gasteiger partial charge in [0.15, 0.2) is 0 Å². The summed E-state index contributed by atoms with van der Waals surface area (Å²) in [6, 6.07) is 0. The maximum Gasteiger partial charge on any atom is 0.0915 e. The molecule has 0 aromatic rings. The highest BCUT2D eigenvalue weighted by molar-refractivity contribution is 9.12. The Balaban J connectivity index is 3.47. The van der Waals surface area contributed by atoms with Crippen LogP contribution >= 0.6 is 31.9 Å². The van der Waals surface area contributed by atoms with Crippen LogP contribution in [0, 0.1) is 0 Å². The van der Waals surface area contributed by atoms with Gasteiger partial charge in [0.05, 0.1) is 32.5 Å². The van der Waals surface area contributed by atoms with Gasteiger partial charge in [-0.3, -0.25) is 0 Å². The predicted octanol–water partition coefficient (Wildman–Crippen LogP) is 1.85. The normalized spacial score (nSPS) is 15.7. The fourth-order valence-electron chi connectivity index (χ4n) is 0.643. The van der Waals surface area contributed by atoms with E-state index < -0.39 is 0 Å². The summed E-state index contributed by atoms with van der Waals surface area (Å²) in [5.74, 6) is 0. The first kappa shape index (κ1) is 9.92. The van der Waals surface area contributed by atoms with Crippen LogP contribution < -0.4 is 0 Å². The Morgan fingerprint density at radius 2 is 1.78 bits per heavy atom. The van der Waals surface area contributed by atoms with Gasteiger partial charge in [-0.05, 0) is 0 Å². The van der Waals surface area contributed by atoms with E-state index in [-0.39, 0.29) is 0 Å².